The fourth-order valence-corrected chi connectivity index (χ4v) is 4.23. The summed E-state index contributed by atoms with van der Waals surface area (Å²) in [5.74, 6) is -3.92. The summed E-state index contributed by atoms with van der Waals surface area (Å²) in [7, 11) is 0. The third-order valence-electron chi connectivity index (χ3n) is 5.85. The van der Waals surface area contributed by atoms with Crippen LogP contribution in [0, 0.1) is 0 Å². The van der Waals surface area contributed by atoms with Gasteiger partial charge in [0.2, 0.25) is 0 Å². The molecule has 0 unspecified atom stereocenters. The molecule has 0 bridgehead atoms. The minimum atomic E-state index is -1.32. The summed E-state index contributed by atoms with van der Waals surface area (Å²) in [6, 6.07) is 12.7. The van der Waals surface area contributed by atoms with Crippen molar-refractivity contribution in [3.05, 3.63) is 82.4 Å². The van der Waals surface area contributed by atoms with E-state index in [1.165, 1.54) is 36.4 Å². The van der Waals surface area contributed by atoms with Gasteiger partial charge in [0.1, 0.15) is 23.0 Å². The molecule has 10 heteroatoms. The first-order valence-corrected chi connectivity index (χ1v) is 10.5. The average Bonchev–Trinajstić information content (AvgIpc) is 3.14. The van der Waals surface area contributed by atoms with Gasteiger partial charge in [0, 0.05) is 42.0 Å². The van der Waals surface area contributed by atoms with Crippen LogP contribution < -0.4 is 4.74 Å². The SMILES string of the molecule is O=C(ON1C(=O)CCC1=O)c1ccc(C2c3ccc(O)cc3Oc3cc(O)ccc32)c(C(=O)O)c1. The van der Waals surface area contributed by atoms with Gasteiger partial charge in [-0.05, 0) is 29.8 Å². The number of carboxylic acids is 1. The molecule has 2 aliphatic heterocycles. The highest BCUT2D eigenvalue weighted by atomic mass is 16.7. The number of nitrogens with zero attached hydrogens (tertiary/aromatic N) is 1. The predicted molar refractivity (Wildman–Crippen MR) is 117 cm³/mol. The van der Waals surface area contributed by atoms with E-state index in [1.54, 1.807) is 12.1 Å². The van der Waals surface area contributed by atoms with Gasteiger partial charge in [-0.25, -0.2) is 9.59 Å². The van der Waals surface area contributed by atoms with Gasteiger partial charge in [0.05, 0.1) is 11.1 Å². The zero-order chi connectivity index (χ0) is 24.9. The summed E-state index contributed by atoms with van der Waals surface area (Å²) in [5, 5.41) is 30.2. The van der Waals surface area contributed by atoms with Crippen molar-refractivity contribution in [2.24, 2.45) is 0 Å². The van der Waals surface area contributed by atoms with Crippen molar-refractivity contribution in [3.8, 4) is 23.0 Å². The molecular formula is C25H17NO9. The molecule has 0 atom stereocenters. The van der Waals surface area contributed by atoms with Crippen molar-refractivity contribution < 1.29 is 44.1 Å². The number of aromatic carboxylic acids is 1. The lowest BCUT2D eigenvalue weighted by molar-refractivity contribution is -0.172. The van der Waals surface area contributed by atoms with Crippen LogP contribution in [-0.4, -0.2) is 44.1 Å². The molecule has 3 aromatic rings. The lowest BCUT2D eigenvalue weighted by atomic mass is 9.80. The summed E-state index contributed by atoms with van der Waals surface area (Å²) >= 11 is 0. The molecule has 0 saturated carbocycles. The monoisotopic (exact) mass is 475 g/mol. The number of phenolic OH excluding ortho intramolecular Hbond substituents is 2. The number of fused-ring (bicyclic) bond motifs is 2. The molecule has 0 radical (unpaired) electrons. The summed E-state index contributed by atoms with van der Waals surface area (Å²) in [4.78, 5) is 53.2. The van der Waals surface area contributed by atoms with Crippen LogP contribution in [0.25, 0.3) is 0 Å². The molecule has 3 aromatic carbocycles. The number of carboxylic acid groups (broad SMARTS) is 1. The van der Waals surface area contributed by atoms with Gasteiger partial charge in [0.25, 0.3) is 11.8 Å². The van der Waals surface area contributed by atoms with Crippen molar-refractivity contribution in [3.63, 3.8) is 0 Å². The van der Waals surface area contributed by atoms with Gasteiger partial charge in [-0.1, -0.05) is 18.2 Å². The maximum atomic E-state index is 12.6. The zero-order valence-electron chi connectivity index (χ0n) is 17.9. The van der Waals surface area contributed by atoms with Crippen molar-refractivity contribution >= 4 is 23.8 Å². The Kier molecular flexibility index (Phi) is 5.13. The minimum Gasteiger partial charge on any atom is -0.508 e. The number of hydrogen-bond donors (Lipinski definition) is 3. The number of ether oxygens (including phenoxy) is 1. The second kappa shape index (κ2) is 8.17. The first kappa shape index (κ1) is 22.0. The third kappa shape index (κ3) is 3.80. The molecule has 2 amide bonds. The number of phenols is 2. The molecule has 3 N–H and O–H groups in total. The summed E-state index contributed by atoms with van der Waals surface area (Å²) in [5.41, 5.74) is 1.05. The molecule has 1 saturated heterocycles. The molecular weight excluding hydrogens is 458 g/mol. The number of carbonyl (C=O) groups excluding carboxylic acids is 3. The molecule has 0 spiro atoms. The second-order valence-electron chi connectivity index (χ2n) is 8.05. The third-order valence-corrected chi connectivity index (χ3v) is 5.85. The van der Waals surface area contributed by atoms with Crippen LogP contribution in [0.15, 0.2) is 54.6 Å². The zero-order valence-corrected chi connectivity index (χ0v) is 17.9. The number of hydroxylamine groups is 2. The van der Waals surface area contributed by atoms with Gasteiger partial charge in [-0.3, -0.25) is 9.59 Å². The molecule has 2 heterocycles. The standard InChI is InChI=1S/C25H17NO9/c27-13-2-5-16-19(10-13)34-20-11-14(28)3-6-17(20)23(16)15-4-1-12(9-18(15)24(31)32)25(33)35-26-21(29)7-8-22(26)30/h1-6,9-11,23,27-28H,7-8H2,(H,31,32). The van der Waals surface area contributed by atoms with E-state index < -0.39 is 29.7 Å². The average molecular weight is 475 g/mol. The maximum Gasteiger partial charge on any atom is 0.363 e. The quantitative estimate of drug-likeness (QED) is 0.378. The van der Waals surface area contributed by atoms with Crippen LogP contribution in [0.5, 0.6) is 23.0 Å². The van der Waals surface area contributed by atoms with E-state index in [2.05, 4.69) is 0 Å². The van der Waals surface area contributed by atoms with Crippen LogP contribution in [0.3, 0.4) is 0 Å². The minimum absolute atomic E-state index is 0.0614. The number of hydrogen-bond acceptors (Lipinski definition) is 8. The number of benzene rings is 3. The molecule has 35 heavy (non-hydrogen) atoms. The van der Waals surface area contributed by atoms with Gasteiger partial charge < -0.3 is 24.9 Å². The predicted octanol–water partition coefficient (Wildman–Crippen LogP) is 3.30. The Bertz CT molecular complexity index is 1360. The lowest BCUT2D eigenvalue weighted by Gasteiger charge is -2.29. The van der Waals surface area contributed by atoms with E-state index >= 15 is 0 Å². The Morgan fingerprint density at radius 2 is 1.37 bits per heavy atom. The van der Waals surface area contributed by atoms with E-state index in [0.29, 0.717) is 21.8 Å². The number of amides is 2. The van der Waals surface area contributed by atoms with E-state index in [4.69, 9.17) is 9.57 Å². The molecule has 0 aromatic heterocycles. The smallest absolute Gasteiger partial charge is 0.363 e. The normalized spacial score (nSPS) is 14.8. The van der Waals surface area contributed by atoms with E-state index in [0.717, 1.165) is 6.07 Å². The van der Waals surface area contributed by atoms with Gasteiger partial charge in [0.15, 0.2) is 0 Å². The van der Waals surface area contributed by atoms with Crippen LogP contribution in [-0.2, 0) is 14.4 Å². The van der Waals surface area contributed by atoms with Crippen molar-refractivity contribution in [2.75, 3.05) is 0 Å². The molecule has 10 nitrogen and oxygen atoms in total. The van der Waals surface area contributed by atoms with Crippen LogP contribution in [0.2, 0.25) is 0 Å². The van der Waals surface area contributed by atoms with Gasteiger partial charge in [-0.2, -0.15) is 0 Å². The number of aromatic hydroxyl groups is 2. The Morgan fingerprint density at radius 3 is 1.91 bits per heavy atom. The number of rotatable bonds is 4. The van der Waals surface area contributed by atoms with Gasteiger partial charge >= 0.3 is 11.9 Å². The molecule has 176 valence electrons. The second-order valence-corrected chi connectivity index (χ2v) is 8.05. The summed E-state index contributed by atoms with van der Waals surface area (Å²) in [6.45, 7) is 0. The van der Waals surface area contributed by atoms with Crippen LogP contribution >= 0.6 is 0 Å². The highest BCUT2D eigenvalue weighted by Crippen LogP contribution is 2.49. The van der Waals surface area contributed by atoms with Crippen LogP contribution in [0.4, 0.5) is 0 Å². The van der Waals surface area contributed by atoms with Crippen molar-refractivity contribution in [1.82, 2.24) is 5.06 Å². The van der Waals surface area contributed by atoms with Crippen molar-refractivity contribution in [1.29, 1.82) is 0 Å². The Labute approximate surface area is 197 Å². The van der Waals surface area contributed by atoms with E-state index in [-0.39, 0.29) is 47.0 Å². The Morgan fingerprint density at radius 1 is 0.829 bits per heavy atom. The number of imide groups is 1. The highest BCUT2D eigenvalue weighted by Gasteiger charge is 2.35. The summed E-state index contributed by atoms with van der Waals surface area (Å²) in [6.07, 6.45) is -0.141. The lowest BCUT2D eigenvalue weighted by Crippen LogP contribution is -2.32. The van der Waals surface area contributed by atoms with Gasteiger partial charge in [-0.15, -0.1) is 5.06 Å². The fourth-order valence-electron chi connectivity index (χ4n) is 4.23. The van der Waals surface area contributed by atoms with Crippen molar-refractivity contribution in [2.45, 2.75) is 18.8 Å². The first-order chi connectivity index (χ1) is 16.7. The largest absolute Gasteiger partial charge is 0.508 e. The van der Waals surface area contributed by atoms with E-state index in [1.807, 2.05) is 0 Å². The fraction of sp³-hybridized carbons (Fsp3) is 0.120. The molecule has 5 rings (SSSR count). The topological polar surface area (TPSA) is 151 Å². The molecule has 2 aliphatic rings. The summed E-state index contributed by atoms with van der Waals surface area (Å²) < 4.78 is 5.84. The molecule has 0 aliphatic carbocycles. The Balaban J connectivity index is 1.60. The molecule has 1 fully saturated rings. The first-order valence-electron chi connectivity index (χ1n) is 10.5. The maximum absolute atomic E-state index is 12.6. The Hall–Kier alpha value is -4.86. The number of carbonyl (C=O) groups is 4. The van der Waals surface area contributed by atoms with E-state index in [9.17, 15) is 34.5 Å². The highest BCUT2D eigenvalue weighted by molar-refractivity contribution is 6.03. The van der Waals surface area contributed by atoms with Crippen LogP contribution in [0.1, 0.15) is 56.2 Å².